The van der Waals surface area contributed by atoms with E-state index in [1.807, 2.05) is 19.0 Å². The number of nitrogen functional groups attached to an aromatic ring is 1. The minimum atomic E-state index is 0.254. The van der Waals surface area contributed by atoms with Gasteiger partial charge in [0.05, 0.1) is 5.69 Å². The van der Waals surface area contributed by atoms with E-state index < -0.39 is 0 Å². The van der Waals surface area contributed by atoms with Crippen molar-refractivity contribution in [3.8, 4) is 5.75 Å². The van der Waals surface area contributed by atoms with Crippen LogP contribution in [0.1, 0.15) is 0 Å². The van der Waals surface area contributed by atoms with Crippen LogP contribution >= 0.6 is 0 Å². The van der Waals surface area contributed by atoms with Gasteiger partial charge in [-0.3, -0.25) is 0 Å². The van der Waals surface area contributed by atoms with Crippen molar-refractivity contribution in [3.63, 3.8) is 0 Å². The van der Waals surface area contributed by atoms with Gasteiger partial charge in [-0.15, -0.1) is 0 Å². The molecule has 0 spiro atoms. The van der Waals surface area contributed by atoms with E-state index in [-0.39, 0.29) is 5.75 Å². The van der Waals surface area contributed by atoms with E-state index >= 15 is 0 Å². The highest BCUT2D eigenvalue weighted by atomic mass is 16.3. The summed E-state index contributed by atoms with van der Waals surface area (Å²) in [5.41, 5.74) is 6.93. The molecule has 3 heteroatoms. The van der Waals surface area contributed by atoms with E-state index in [1.54, 1.807) is 18.2 Å². The molecule has 0 amide bonds. The summed E-state index contributed by atoms with van der Waals surface area (Å²) >= 11 is 0. The Morgan fingerprint density at radius 2 is 2.00 bits per heavy atom. The van der Waals surface area contributed by atoms with Gasteiger partial charge in [-0.1, -0.05) is 0 Å². The summed E-state index contributed by atoms with van der Waals surface area (Å²) in [5, 5.41) is 9.31. The van der Waals surface area contributed by atoms with Crippen LogP contribution < -0.4 is 10.6 Å². The summed E-state index contributed by atoms with van der Waals surface area (Å²) in [6.07, 6.45) is 0. The number of phenols is 1. The molecule has 1 rings (SSSR count). The molecule has 0 aliphatic rings. The SMILES string of the molecule is CN(C)c1cc(N)ccc1O. The van der Waals surface area contributed by atoms with E-state index in [2.05, 4.69) is 0 Å². The van der Waals surface area contributed by atoms with Crippen molar-refractivity contribution in [2.75, 3.05) is 24.7 Å². The maximum atomic E-state index is 9.31. The molecule has 1 aromatic carbocycles. The molecule has 1 aromatic rings. The number of hydrogen-bond donors (Lipinski definition) is 2. The normalized spacial score (nSPS) is 9.64. The van der Waals surface area contributed by atoms with Crippen LogP contribution in [0.3, 0.4) is 0 Å². The largest absolute Gasteiger partial charge is 0.506 e. The Labute approximate surface area is 66.1 Å². The summed E-state index contributed by atoms with van der Waals surface area (Å²) in [5.74, 6) is 0.254. The smallest absolute Gasteiger partial charge is 0.139 e. The standard InChI is InChI=1S/C8H12N2O/c1-10(2)7-5-6(9)3-4-8(7)11/h3-5,11H,9H2,1-2H3. The van der Waals surface area contributed by atoms with Crippen LogP contribution in [0.15, 0.2) is 18.2 Å². The van der Waals surface area contributed by atoms with Gasteiger partial charge in [0.2, 0.25) is 0 Å². The molecular formula is C8H12N2O. The molecule has 0 aliphatic heterocycles. The van der Waals surface area contributed by atoms with Crippen LogP contribution in [-0.4, -0.2) is 19.2 Å². The minimum absolute atomic E-state index is 0.254. The monoisotopic (exact) mass is 152 g/mol. The second-order valence-corrected chi connectivity index (χ2v) is 2.64. The van der Waals surface area contributed by atoms with E-state index in [4.69, 9.17) is 5.73 Å². The van der Waals surface area contributed by atoms with Gasteiger partial charge in [0.1, 0.15) is 5.75 Å². The van der Waals surface area contributed by atoms with Crippen LogP contribution in [-0.2, 0) is 0 Å². The van der Waals surface area contributed by atoms with Crippen molar-refractivity contribution in [2.45, 2.75) is 0 Å². The Balaban J connectivity index is 3.13. The Kier molecular flexibility index (Phi) is 1.89. The summed E-state index contributed by atoms with van der Waals surface area (Å²) in [7, 11) is 3.71. The zero-order chi connectivity index (χ0) is 8.43. The van der Waals surface area contributed by atoms with Gasteiger partial charge in [-0.25, -0.2) is 0 Å². The fourth-order valence-electron chi connectivity index (χ4n) is 0.899. The lowest BCUT2D eigenvalue weighted by Crippen LogP contribution is -2.08. The fraction of sp³-hybridized carbons (Fsp3) is 0.250. The number of hydrogen-bond acceptors (Lipinski definition) is 3. The van der Waals surface area contributed by atoms with Gasteiger partial charge in [0.15, 0.2) is 0 Å². The number of nitrogens with two attached hydrogens (primary N) is 1. The number of rotatable bonds is 1. The first-order valence-corrected chi connectivity index (χ1v) is 3.37. The number of anilines is 2. The molecule has 3 nitrogen and oxygen atoms in total. The molecule has 0 saturated carbocycles. The number of phenolic OH excluding ortho intramolecular Hbond substituents is 1. The van der Waals surface area contributed by atoms with Crippen molar-refractivity contribution in [2.24, 2.45) is 0 Å². The summed E-state index contributed by atoms with van der Waals surface area (Å²) in [6, 6.07) is 4.99. The third-order valence-corrected chi connectivity index (χ3v) is 1.48. The lowest BCUT2D eigenvalue weighted by atomic mass is 10.2. The Hall–Kier alpha value is -1.38. The molecule has 0 atom stereocenters. The van der Waals surface area contributed by atoms with E-state index in [0.29, 0.717) is 5.69 Å². The Morgan fingerprint density at radius 1 is 1.36 bits per heavy atom. The molecule has 0 aliphatic carbocycles. The first-order valence-electron chi connectivity index (χ1n) is 3.37. The molecule has 0 saturated heterocycles. The Bertz CT molecular complexity index is 258. The first kappa shape index (κ1) is 7.72. The highest BCUT2D eigenvalue weighted by molar-refractivity contribution is 5.63. The van der Waals surface area contributed by atoms with Gasteiger partial charge >= 0.3 is 0 Å². The zero-order valence-corrected chi connectivity index (χ0v) is 6.70. The Morgan fingerprint density at radius 3 is 2.45 bits per heavy atom. The van der Waals surface area contributed by atoms with Gasteiger partial charge in [-0.2, -0.15) is 0 Å². The van der Waals surface area contributed by atoms with Crippen molar-refractivity contribution in [3.05, 3.63) is 18.2 Å². The summed E-state index contributed by atoms with van der Waals surface area (Å²) in [6.45, 7) is 0. The van der Waals surface area contributed by atoms with Gasteiger partial charge in [-0.05, 0) is 18.2 Å². The van der Waals surface area contributed by atoms with Crippen molar-refractivity contribution in [1.82, 2.24) is 0 Å². The molecule has 3 N–H and O–H groups in total. The van der Waals surface area contributed by atoms with E-state index in [9.17, 15) is 5.11 Å². The van der Waals surface area contributed by atoms with Gasteiger partial charge in [0, 0.05) is 19.8 Å². The summed E-state index contributed by atoms with van der Waals surface area (Å²) in [4.78, 5) is 1.81. The number of benzene rings is 1. The molecule has 11 heavy (non-hydrogen) atoms. The lowest BCUT2D eigenvalue weighted by Gasteiger charge is -2.14. The predicted molar refractivity (Wildman–Crippen MR) is 46.8 cm³/mol. The second-order valence-electron chi connectivity index (χ2n) is 2.64. The molecule has 0 radical (unpaired) electrons. The lowest BCUT2D eigenvalue weighted by molar-refractivity contribution is 0.476. The third kappa shape index (κ3) is 1.55. The van der Waals surface area contributed by atoms with Crippen LogP contribution in [0, 0.1) is 0 Å². The van der Waals surface area contributed by atoms with Gasteiger partial charge in [0.25, 0.3) is 0 Å². The molecule has 0 heterocycles. The maximum Gasteiger partial charge on any atom is 0.139 e. The van der Waals surface area contributed by atoms with Crippen molar-refractivity contribution < 1.29 is 5.11 Å². The van der Waals surface area contributed by atoms with E-state index in [0.717, 1.165) is 5.69 Å². The highest BCUT2D eigenvalue weighted by Gasteiger charge is 2.01. The first-order chi connectivity index (χ1) is 5.11. The number of aromatic hydroxyl groups is 1. The van der Waals surface area contributed by atoms with Crippen LogP contribution in [0.5, 0.6) is 5.75 Å². The second kappa shape index (κ2) is 2.70. The zero-order valence-electron chi connectivity index (χ0n) is 6.70. The maximum absolute atomic E-state index is 9.31. The third-order valence-electron chi connectivity index (χ3n) is 1.48. The highest BCUT2D eigenvalue weighted by Crippen LogP contribution is 2.26. The predicted octanol–water partition coefficient (Wildman–Crippen LogP) is 1.04. The van der Waals surface area contributed by atoms with Crippen molar-refractivity contribution in [1.29, 1.82) is 0 Å². The number of nitrogens with zero attached hydrogens (tertiary/aromatic N) is 1. The minimum Gasteiger partial charge on any atom is -0.506 e. The topological polar surface area (TPSA) is 49.5 Å². The average Bonchev–Trinajstić information content (AvgIpc) is 1.94. The van der Waals surface area contributed by atoms with Crippen LogP contribution in [0.4, 0.5) is 11.4 Å². The molecule has 0 aromatic heterocycles. The van der Waals surface area contributed by atoms with Gasteiger partial charge < -0.3 is 15.7 Å². The van der Waals surface area contributed by atoms with E-state index in [1.165, 1.54) is 0 Å². The molecular weight excluding hydrogens is 140 g/mol. The summed E-state index contributed by atoms with van der Waals surface area (Å²) < 4.78 is 0. The molecule has 0 unspecified atom stereocenters. The quantitative estimate of drug-likeness (QED) is 0.467. The molecule has 60 valence electrons. The molecule has 0 bridgehead atoms. The van der Waals surface area contributed by atoms with Crippen LogP contribution in [0.2, 0.25) is 0 Å². The van der Waals surface area contributed by atoms with Crippen molar-refractivity contribution >= 4 is 11.4 Å². The molecule has 0 fully saturated rings. The van der Waals surface area contributed by atoms with Crippen LogP contribution in [0.25, 0.3) is 0 Å². The average molecular weight is 152 g/mol. The fourth-order valence-corrected chi connectivity index (χ4v) is 0.899.